The van der Waals surface area contributed by atoms with E-state index in [2.05, 4.69) is 32.7 Å². The van der Waals surface area contributed by atoms with Gasteiger partial charge in [-0.1, -0.05) is 0 Å². The van der Waals surface area contributed by atoms with Gasteiger partial charge in [0.25, 0.3) is 0 Å². The van der Waals surface area contributed by atoms with Crippen LogP contribution < -0.4 is 4.74 Å². The highest BCUT2D eigenvalue weighted by molar-refractivity contribution is 5.16. The Kier molecular flexibility index (Phi) is 4.71. The lowest BCUT2D eigenvalue weighted by Crippen LogP contribution is -2.37. The van der Waals surface area contributed by atoms with Crippen molar-refractivity contribution >= 4 is 0 Å². The summed E-state index contributed by atoms with van der Waals surface area (Å²) in [6.45, 7) is 5.73. The van der Waals surface area contributed by atoms with Crippen molar-refractivity contribution in [3.8, 4) is 5.75 Å². The van der Waals surface area contributed by atoms with Crippen LogP contribution in [0.5, 0.6) is 5.75 Å². The fourth-order valence-corrected chi connectivity index (χ4v) is 3.51. The molecule has 1 aliphatic heterocycles. The zero-order valence-corrected chi connectivity index (χ0v) is 15.2. The average molecular weight is 352 g/mol. The number of nitrogens with zero attached hydrogens (tertiary/aromatic N) is 6. The highest BCUT2D eigenvalue weighted by Gasteiger charge is 2.27. The Morgan fingerprint density at radius 1 is 1.23 bits per heavy atom. The maximum atomic E-state index is 5.78. The number of hydrogen-bond acceptors (Lipinski definition) is 5. The van der Waals surface area contributed by atoms with Gasteiger partial charge in [0, 0.05) is 63.0 Å². The van der Waals surface area contributed by atoms with Crippen LogP contribution in [0.15, 0.2) is 43.1 Å². The van der Waals surface area contributed by atoms with Crippen LogP contribution in [-0.4, -0.2) is 42.4 Å². The molecule has 26 heavy (non-hydrogen) atoms. The molecule has 3 aromatic heterocycles. The van der Waals surface area contributed by atoms with Crippen molar-refractivity contribution < 1.29 is 4.74 Å². The molecule has 1 aliphatic rings. The Hall–Kier alpha value is -2.67. The molecule has 7 nitrogen and oxygen atoms in total. The van der Waals surface area contributed by atoms with Crippen LogP contribution in [-0.2, 0) is 26.6 Å². The summed E-state index contributed by atoms with van der Waals surface area (Å²) in [4.78, 5) is 11.2. The van der Waals surface area contributed by atoms with Gasteiger partial charge in [0.1, 0.15) is 11.6 Å². The monoisotopic (exact) mass is 352 g/mol. The Balaban J connectivity index is 1.39. The third kappa shape index (κ3) is 3.48. The maximum absolute atomic E-state index is 5.78. The lowest BCUT2D eigenvalue weighted by atomic mass is 10.2. The largest absolute Gasteiger partial charge is 0.492 e. The number of hydrogen-bond donors (Lipinski definition) is 0. The van der Waals surface area contributed by atoms with Crippen LogP contribution in [0, 0.1) is 0 Å². The normalized spacial score (nSPS) is 17.2. The first-order chi connectivity index (χ1) is 12.7. The van der Waals surface area contributed by atoms with E-state index in [4.69, 9.17) is 9.72 Å². The predicted octanol–water partition coefficient (Wildman–Crippen LogP) is 2.21. The minimum atomic E-state index is 0.289. The Morgan fingerprint density at radius 3 is 2.92 bits per heavy atom. The summed E-state index contributed by atoms with van der Waals surface area (Å²) in [5.41, 5.74) is 2.47. The van der Waals surface area contributed by atoms with Crippen molar-refractivity contribution in [2.45, 2.75) is 32.5 Å². The van der Waals surface area contributed by atoms with Crippen molar-refractivity contribution in [3.05, 3.63) is 60.2 Å². The van der Waals surface area contributed by atoms with E-state index in [9.17, 15) is 0 Å². The lowest BCUT2D eigenvalue weighted by molar-refractivity contribution is 0.154. The van der Waals surface area contributed by atoms with Crippen molar-refractivity contribution in [1.82, 2.24) is 29.2 Å². The second-order valence-corrected chi connectivity index (χ2v) is 6.72. The molecule has 3 aromatic rings. The van der Waals surface area contributed by atoms with E-state index in [1.165, 1.54) is 11.3 Å². The highest BCUT2D eigenvalue weighted by atomic mass is 16.5. The van der Waals surface area contributed by atoms with Gasteiger partial charge in [-0.05, 0) is 19.1 Å². The average Bonchev–Trinajstić information content (AvgIpc) is 3.25. The van der Waals surface area contributed by atoms with Gasteiger partial charge < -0.3 is 9.30 Å². The van der Waals surface area contributed by atoms with Crippen LogP contribution in [0.1, 0.15) is 30.0 Å². The molecule has 0 unspecified atom stereocenters. The van der Waals surface area contributed by atoms with E-state index in [1.807, 2.05) is 36.3 Å². The summed E-state index contributed by atoms with van der Waals surface area (Å²) in [5.74, 6) is 1.94. The second-order valence-electron chi connectivity index (χ2n) is 6.72. The zero-order chi connectivity index (χ0) is 17.9. The number of rotatable bonds is 6. The van der Waals surface area contributed by atoms with Gasteiger partial charge in [0.15, 0.2) is 0 Å². The molecule has 0 N–H and O–H groups in total. The topological polar surface area (TPSA) is 61.0 Å². The second kappa shape index (κ2) is 7.29. The molecule has 0 saturated heterocycles. The van der Waals surface area contributed by atoms with E-state index >= 15 is 0 Å². The summed E-state index contributed by atoms with van der Waals surface area (Å²) >= 11 is 0. The van der Waals surface area contributed by atoms with Crippen LogP contribution in [0.4, 0.5) is 0 Å². The van der Waals surface area contributed by atoms with E-state index < -0.39 is 0 Å². The number of fused-ring (bicyclic) bond motifs is 1. The molecule has 0 fully saturated rings. The van der Waals surface area contributed by atoms with Crippen LogP contribution in [0.3, 0.4) is 0 Å². The first-order valence-electron chi connectivity index (χ1n) is 8.99. The first-order valence-corrected chi connectivity index (χ1v) is 8.99. The lowest BCUT2D eigenvalue weighted by Gasteiger charge is -2.34. The number of imidazole rings is 1. The maximum Gasteiger partial charge on any atom is 0.137 e. The molecule has 0 aromatic carbocycles. The van der Waals surface area contributed by atoms with Gasteiger partial charge in [-0.3, -0.25) is 14.6 Å². The van der Waals surface area contributed by atoms with Crippen LogP contribution in [0.2, 0.25) is 0 Å². The highest BCUT2D eigenvalue weighted by Crippen LogP contribution is 2.27. The number of ether oxygens (including phenoxy) is 1. The van der Waals surface area contributed by atoms with Gasteiger partial charge in [-0.25, -0.2) is 4.98 Å². The van der Waals surface area contributed by atoms with Crippen LogP contribution >= 0.6 is 0 Å². The third-order valence-corrected chi connectivity index (χ3v) is 4.91. The minimum Gasteiger partial charge on any atom is -0.492 e. The van der Waals surface area contributed by atoms with Crippen molar-refractivity contribution in [1.29, 1.82) is 0 Å². The van der Waals surface area contributed by atoms with Gasteiger partial charge >= 0.3 is 0 Å². The molecule has 0 saturated carbocycles. The summed E-state index contributed by atoms with van der Waals surface area (Å²) < 4.78 is 9.97. The molecule has 0 spiro atoms. The number of aryl methyl sites for hydroxylation is 1. The zero-order valence-electron chi connectivity index (χ0n) is 15.2. The molecule has 0 radical (unpaired) electrons. The van der Waals surface area contributed by atoms with Gasteiger partial charge in [-0.2, -0.15) is 5.10 Å². The van der Waals surface area contributed by atoms with Gasteiger partial charge in [0.05, 0.1) is 25.0 Å². The van der Waals surface area contributed by atoms with E-state index in [0.717, 1.165) is 37.6 Å². The van der Waals surface area contributed by atoms with E-state index in [0.29, 0.717) is 6.61 Å². The molecular weight excluding hydrogens is 328 g/mol. The minimum absolute atomic E-state index is 0.289. The fraction of sp³-hybridized carbons (Fsp3) is 0.421. The molecule has 7 heteroatoms. The fourth-order valence-electron chi connectivity index (χ4n) is 3.51. The smallest absolute Gasteiger partial charge is 0.137 e. The third-order valence-electron chi connectivity index (χ3n) is 4.91. The molecule has 0 bridgehead atoms. The van der Waals surface area contributed by atoms with Crippen molar-refractivity contribution in [2.75, 3.05) is 13.2 Å². The molecule has 136 valence electrons. The van der Waals surface area contributed by atoms with Crippen molar-refractivity contribution in [3.63, 3.8) is 0 Å². The molecule has 1 atom stereocenters. The molecule has 4 rings (SSSR count). The van der Waals surface area contributed by atoms with E-state index in [-0.39, 0.29) is 6.04 Å². The standard InChI is InChI=1S/C19H24N6O/c1-15-19-21-11-17(5-9-26-18-4-3-6-20-12-18)25(19)8-7-24(15)14-16-10-22-23(2)13-16/h3-4,6,10-13,15H,5,7-9,14H2,1-2H3/t15-/m0/s1. The SMILES string of the molecule is C[C@H]1c2ncc(CCOc3cccnc3)n2CCN1Cc1cnn(C)c1. The summed E-state index contributed by atoms with van der Waals surface area (Å²) in [5, 5.41) is 4.27. The molecule has 0 aliphatic carbocycles. The first kappa shape index (κ1) is 16.8. The summed E-state index contributed by atoms with van der Waals surface area (Å²) in [6, 6.07) is 4.10. The van der Waals surface area contributed by atoms with Gasteiger partial charge in [0.2, 0.25) is 0 Å². The van der Waals surface area contributed by atoms with Crippen LogP contribution in [0.25, 0.3) is 0 Å². The Bertz CT molecular complexity index is 856. The summed E-state index contributed by atoms with van der Waals surface area (Å²) in [7, 11) is 1.95. The molecular formula is C19H24N6O. The van der Waals surface area contributed by atoms with Crippen molar-refractivity contribution in [2.24, 2.45) is 7.05 Å². The molecule has 4 heterocycles. The molecule has 0 amide bonds. The number of pyridine rings is 1. The summed E-state index contributed by atoms with van der Waals surface area (Å²) in [6.07, 6.45) is 10.3. The predicted molar refractivity (Wildman–Crippen MR) is 97.7 cm³/mol. The Labute approximate surface area is 153 Å². The number of aromatic nitrogens is 5. The Morgan fingerprint density at radius 2 is 2.15 bits per heavy atom. The quantitative estimate of drug-likeness (QED) is 0.681. The van der Waals surface area contributed by atoms with E-state index in [1.54, 1.807) is 12.4 Å². The van der Waals surface area contributed by atoms with Gasteiger partial charge in [-0.15, -0.1) is 0 Å².